The van der Waals surface area contributed by atoms with E-state index in [1.54, 1.807) is 6.07 Å². The van der Waals surface area contributed by atoms with E-state index in [0.29, 0.717) is 11.8 Å². The van der Waals surface area contributed by atoms with Crippen LogP contribution in [0.3, 0.4) is 0 Å². The van der Waals surface area contributed by atoms with Crippen LogP contribution in [0.25, 0.3) is 0 Å². The van der Waals surface area contributed by atoms with Crippen LogP contribution in [-0.2, 0) is 4.79 Å². The molecule has 0 spiro atoms. The third-order valence-corrected chi connectivity index (χ3v) is 5.79. The van der Waals surface area contributed by atoms with Gasteiger partial charge < -0.3 is 9.80 Å². The topological polar surface area (TPSA) is 23.6 Å². The van der Waals surface area contributed by atoms with Gasteiger partial charge in [-0.15, -0.1) is 0 Å². The van der Waals surface area contributed by atoms with Crippen LogP contribution in [0.4, 0.5) is 10.1 Å². The molecule has 2 saturated heterocycles. The monoisotopic (exact) mass is 316 g/mol. The van der Waals surface area contributed by atoms with Gasteiger partial charge in [-0.1, -0.05) is 6.07 Å². The lowest BCUT2D eigenvalue weighted by Gasteiger charge is -2.37. The Hall–Kier alpha value is -1.58. The van der Waals surface area contributed by atoms with Crippen LogP contribution < -0.4 is 4.90 Å². The van der Waals surface area contributed by atoms with Crippen molar-refractivity contribution in [3.63, 3.8) is 0 Å². The molecule has 0 atom stereocenters. The normalized spacial score (nSPS) is 27.3. The highest BCUT2D eigenvalue weighted by Crippen LogP contribution is 2.43. The minimum Gasteiger partial charge on any atom is -0.369 e. The maximum atomic E-state index is 14.4. The Kier molecular flexibility index (Phi) is 4.00. The summed E-state index contributed by atoms with van der Waals surface area (Å²) >= 11 is 0. The Bertz CT molecular complexity index is 585. The van der Waals surface area contributed by atoms with E-state index in [9.17, 15) is 9.18 Å². The summed E-state index contributed by atoms with van der Waals surface area (Å²) in [5.74, 6) is 0.750. The Morgan fingerprint density at radius 3 is 2.30 bits per heavy atom. The number of anilines is 1. The number of hydrogen-bond acceptors (Lipinski definition) is 2. The summed E-state index contributed by atoms with van der Waals surface area (Å²) in [6.45, 7) is 3.79. The lowest BCUT2D eigenvalue weighted by Crippen LogP contribution is -2.39. The summed E-state index contributed by atoms with van der Waals surface area (Å²) in [6, 6.07) is 5.71. The lowest BCUT2D eigenvalue weighted by molar-refractivity contribution is -0.137. The fourth-order valence-corrected chi connectivity index (χ4v) is 4.28. The molecule has 4 rings (SSSR count). The minimum atomic E-state index is -0.0984. The SMILES string of the molecule is O=C(C1CC(c2ccc(N3CCCC3)c(F)c2)C1)N1CCCC1. The molecule has 1 saturated carbocycles. The second kappa shape index (κ2) is 6.14. The van der Waals surface area contributed by atoms with Crippen LogP contribution in [-0.4, -0.2) is 37.0 Å². The third kappa shape index (κ3) is 2.84. The number of hydrogen-bond donors (Lipinski definition) is 0. The summed E-state index contributed by atoms with van der Waals surface area (Å²) in [4.78, 5) is 16.5. The van der Waals surface area contributed by atoms with Crippen molar-refractivity contribution in [2.45, 2.75) is 44.4 Å². The van der Waals surface area contributed by atoms with Gasteiger partial charge in [0, 0.05) is 32.1 Å². The predicted octanol–water partition coefficient (Wildman–Crippen LogP) is 3.54. The van der Waals surface area contributed by atoms with Crippen molar-refractivity contribution in [3.8, 4) is 0 Å². The molecule has 1 amide bonds. The van der Waals surface area contributed by atoms with E-state index in [1.807, 2.05) is 11.0 Å². The van der Waals surface area contributed by atoms with Crippen molar-refractivity contribution in [3.05, 3.63) is 29.6 Å². The molecule has 2 heterocycles. The van der Waals surface area contributed by atoms with Crippen molar-refractivity contribution in [1.82, 2.24) is 4.90 Å². The van der Waals surface area contributed by atoms with E-state index < -0.39 is 0 Å². The van der Waals surface area contributed by atoms with Crippen molar-refractivity contribution in [1.29, 1.82) is 0 Å². The zero-order valence-electron chi connectivity index (χ0n) is 13.6. The Morgan fingerprint density at radius 2 is 1.65 bits per heavy atom. The third-order valence-electron chi connectivity index (χ3n) is 5.79. The standard InChI is InChI=1S/C19H25FN2O/c20-17-13-14(5-6-18(17)21-7-1-2-8-21)15-11-16(12-15)19(23)22-9-3-4-10-22/h5-6,13,15-16H,1-4,7-12H2. The van der Waals surface area contributed by atoms with Crippen molar-refractivity contribution in [2.75, 3.05) is 31.1 Å². The molecule has 0 aromatic heterocycles. The first-order chi connectivity index (χ1) is 11.2. The number of halogens is 1. The highest BCUT2D eigenvalue weighted by Gasteiger charge is 2.38. The predicted molar refractivity (Wildman–Crippen MR) is 89.1 cm³/mol. The van der Waals surface area contributed by atoms with Crippen LogP contribution >= 0.6 is 0 Å². The number of rotatable bonds is 3. The van der Waals surface area contributed by atoms with Crippen LogP contribution in [0, 0.1) is 11.7 Å². The molecule has 1 aromatic carbocycles. The van der Waals surface area contributed by atoms with Crippen molar-refractivity contribution in [2.24, 2.45) is 5.92 Å². The van der Waals surface area contributed by atoms with Gasteiger partial charge in [-0.2, -0.15) is 0 Å². The number of likely N-dealkylation sites (tertiary alicyclic amines) is 1. The quantitative estimate of drug-likeness (QED) is 0.851. The average Bonchev–Trinajstić information content (AvgIpc) is 3.19. The van der Waals surface area contributed by atoms with Gasteiger partial charge in [0.05, 0.1) is 5.69 Å². The number of carbonyl (C=O) groups is 1. The van der Waals surface area contributed by atoms with Crippen LogP contribution in [0.2, 0.25) is 0 Å². The van der Waals surface area contributed by atoms with Crippen LogP contribution in [0.5, 0.6) is 0 Å². The smallest absolute Gasteiger partial charge is 0.225 e. The largest absolute Gasteiger partial charge is 0.369 e. The zero-order valence-corrected chi connectivity index (χ0v) is 13.6. The average molecular weight is 316 g/mol. The maximum absolute atomic E-state index is 14.4. The summed E-state index contributed by atoms with van der Waals surface area (Å²) < 4.78 is 14.4. The second-order valence-electron chi connectivity index (χ2n) is 7.30. The van der Waals surface area contributed by atoms with Gasteiger partial charge in [0.25, 0.3) is 0 Å². The Labute approximate surface area is 137 Å². The van der Waals surface area contributed by atoms with Crippen molar-refractivity contribution < 1.29 is 9.18 Å². The molecule has 1 aromatic rings. The summed E-state index contributed by atoms with van der Waals surface area (Å²) in [5, 5.41) is 0. The molecular formula is C19H25FN2O. The van der Waals surface area contributed by atoms with Crippen molar-refractivity contribution >= 4 is 11.6 Å². The van der Waals surface area contributed by atoms with E-state index in [4.69, 9.17) is 0 Å². The zero-order chi connectivity index (χ0) is 15.8. The first-order valence-corrected chi connectivity index (χ1v) is 9.05. The molecule has 3 nitrogen and oxygen atoms in total. The Morgan fingerprint density at radius 1 is 1.00 bits per heavy atom. The molecular weight excluding hydrogens is 291 g/mol. The lowest BCUT2D eigenvalue weighted by atomic mass is 9.71. The molecule has 0 bridgehead atoms. The molecule has 0 unspecified atom stereocenters. The molecule has 2 aliphatic heterocycles. The molecule has 0 N–H and O–H groups in total. The molecule has 1 aliphatic carbocycles. The maximum Gasteiger partial charge on any atom is 0.225 e. The molecule has 23 heavy (non-hydrogen) atoms. The first-order valence-electron chi connectivity index (χ1n) is 9.05. The fraction of sp³-hybridized carbons (Fsp3) is 0.632. The molecule has 124 valence electrons. The molecule has 3 aliphatic rings. The summed E-state index contributed by atoms with van der Waals surface area (Å²) in [5.41, 5.74) is 1.81. The van der Waals surface area contributed by atoms with Gasteiger partial charge in [-0.25, -0.2) is 4.39 Å². The minimum absolute atomic E-state index is 0.0984. The van der Waals surface area contributed by atoms with Gasteiger partial charge in [0.15, 0.2) is 0 Å². The van der Waals surface area contributed by atoms with E-state index in [-0.39, 0.29) is 11.7 Å². The number of amides is 1. The van der Waals surface area contributed by atoms with E-state index in [2.05, 4.69) is 11.0 Å². The highest BCUT2D eigenvalue weighted by atomic mass is 19.1. The second-order valence-corrected chi connectivity index (χ2v) is 7.30. The van der Waals surface area contributed by atoms with Gasteiger partial charge in [0.1, 0.15) is 5.82 Å². The van der Waals surface area contributed by atoms with Gasteiger partial charge in [0.2, 0.25) is 5.91 Å². The van der Waals surface area contributed by atoms with E-state index in [0.717, 1.165) is 76.0 Å². The summed E-state index contributed by atoms with van der Waals surface area (Å²) in [7, 11) is 0. The van der Waals surface area contributed by atoms with Crippen LogP contribution in [0.15, 0.2) is 18.2 Å². The summed E-state index contributed by atoms with van der Waals surface area (Å²) in [6.07, 6.45) is 6.38. The van der Waals surface area contributed by atoms with Gasteiger partial charge >= 0.3 is 0 Å². The molecule has 3 fully saturated rings. The van der Waals surface area contributed by atoms with Gasteiger partial charge in [-0.05, 0) is 62.1 Å². The fourth-order valence-electron chi connectivity index (χ4n) is 4.28. The number of nitrogens with zero attached hydrogens (tertiary/aromatic N) is 2. The highest BCUT2D eigenvalue weighted by molar-refractivity contribution is 5.80. The first kappa shape index (κ1) is 15.0. The van der Waals surface area contributed by atoms with E-state index in [1.165, 1.54) is 0 Å². The molecule has 0 radical (unpaired) electrons. The molecule has 4 heteroatoms. The number of carbonyl (C=O) groups excluding carboxylic acids is 1. The van der Waals surface area contributed by atoms with E-state index >= 15 is 0 Å². The van der Waals surface area contributed by atoms with Gasteiger partial charge in [-0.3, -0.25) is 4.79 Å². The number of benzene rings is 1. The Balaban J connectivity index is 1.38. The van der Waals surface area contributed by atoms with Crippen LogP contribution in [0.1, 0.15) is 50.0 Å².